The van der Waals surface area contributed by atoms with Gasteiger partial charge >= 0.3 is 5.97 Å². The average Bonchev–Trinajstić information content (AvgIpc) is 3.07. The number of carboxylic acid groups (broad SMARTS) is 1. The van der Waals surface area contributed by atoms with Crippen molar-refractivity contribution in [2.24, 2.45) is 24.8 Å². The predicted octanol–water partition coefficient (Wildman–Crippen LogP) is 1.52. The van der Waals surface area contributed by atoms with Crippen LogP contribution in [0.2, 0.25) is 0 Å². The van der Waals surface area contributed by atoms with E-state index in [1.54, 1.807) is 4.90 Å². The van der Waals surface area contributed by atoms with E-state index in [2.05, 4.69) is 0 Å². The van der Waals surface area contributed by atoms with Gasteiger partial charge in [0, 0.05) is 25.8 Å². The van der Waals surface area contributed by atoms with Crippen LogP contribution >= 0.6 is 0 Å². The Labute approximate surface area is 118 Å². The standard InChI is InChI=1S/C15H20N2O3/c1-9-3-6-13(16(9)2)14(18)17-7-11(10-4-5-10)12(8-17)15(19)20/h3,6,10-12H,4-5,7-8H2,1-2H3,(H,19,20)/t11-,12+/m1/s1. The summed E-state index contributed by atoms with van der Waals surface area (Å²) in [6.07, 6.45) is 2.22. The summed E-state index contributed by atoms with van der Waals surface area (Å²) >= 11 is 0. The average molecular weight is 276 g/mol. The Kier molecular flexibility index (Phi) is 3.07. The summed E-state index contributed by atoms with van der Waals surface area (Å²) in [6, 6.07) is 3.73. The van der Waals surface area contributed by atoms with Crippen LogP contribution in [0.1, 0.15) is 29.0 Å². The molecule has 2 heterocycles. The molecular weight excluding hydrogens is 256 g/mol. The summed E-state index contributed by atoms with van der Waals surface area (Å²) in [6.45, 7) is 2.89. The van der Waals surface area contributed by atoms with E-state index in [-0.39, 0.29) is 11.8 Å². The highest BCUT2D eigenvalue weighted by molar-refractivity contribution is 5.93. The van der Waals surface area contributed by atoms with Crippen LogP contribution in [-0.2, 0) is 11.8 Å². The molecule has 1 aliphatic heterocycles. The first-order valence-corrected chi connectivity index (χ1v) is 7.13. The Hall–Kier alpha value is -1.78. The van der Waals surface area contributed by atoms with E-state index in [4.69, 9.17) is 0 Å². The number of rotatable bonds is 3. The van der Waals surface area contributed by atoms with Crippen LogP contribution in [0.15, 0.2) is 12.1 Å². The number of aliphatic carboxylic acids is 1. The minimum atomic E-state index is -0.764. The molecule has 0 bridgehead atoms. The molecule has 2 aliphatic rings. The van der Waals surface area contributed by atoms with Crippen molar-refractivity contribution in [2.45, 2.75) is 19.8 Å². The fourth-order valence-corrected chi connectivity index (χ4v) is 3.25. The molecule has 2 atom stereocenters. The quantitative estimate of drug-likeness (QED) is 0.910. The Morgan fingerprint density at radius 3 is 2.45 bits per heavy atom. The third-order valence-corrected chi connectivity index (χ3v) is 4.79. The molecule has 0 unspecified atom stereocenters. The van der Waals surface area contributed by atoms with E-state index in [0.717, 1.165) is 18.5 Å². The maximum Gasteiger partial charge on any atom is 0.308 e. The molecule has 1 aromatic heterocycles. The van der Waals surface area contributed by atoms with E-state index in [1.165, 1.54) is 0 Å². The lowest BCUT2D eigenvalue weighted by Crippen LogP contribution is -2.31. The van der Waals surface area contributed by atoms with Crippen LogP contribution in [0.4, 0.5) is 0 Å². The van der Waals surface area contributed by atoms with Crippen molar-refractivity contribution in [1.82, 2.24) is 9.47 Å². The van der Waals surface area contributed by atoms with Gasteiger partial charge in [0.1, 0.15) is 5.69 Å². The fourth-order valence-electron chi connectivity index (χ4n) is 3.25. The molecule has 2 fully saturated rings. The van der Waals surface area contributed by atoms with Gasteiger partial charge in [0.15, 0.2) is 0 Å². The first-order chi connectivity index (χ1) is 9.49. The maximum atomic E-state index is 12.5. The predicted molar refractivity (Wildman–Crippen MR) is 73.4 cm³/mol. The summed E-state index contributed by atoms with van der Waals surface area (Å²) in [4.78, 5) is 25.6. The maximum absolute atomic E-state index is 12.5. The minimum absolute atomic E-state index is 0.0463. The molecule has 1 saturated carbocycles. The highest BCUT2D eigenvalue weighted by atomic mass is 16.4. The Morgan fingerprint density at radius 1 is 1.25 bits per heavy atom. The van der Waals surface area contributed by atoms with Crippen molar-refractivity contribution < 1.29 is 14.7 Å². The van der Waals surface area contributed by atoms with E-state index < -0.39 is 11.9 Å². The number of carbonyl (C=O) groups excluding carboxylic acids is 1. The Bertz CT molecular complexity index is 559. The Balaban J connectivity index is 1.79. The van der Waals surface area contributed by atoms with Gasteiger partial charge in [-0.25, -0.2) is 0 Å². The number of aromatic nitrogens is 1. The first kappa shape index (κ1) is 13.2. The SMILES string of the molecule is Cc1ccc(C(=O)N2C[C@H](C(=O)O)[C@@H](C3CC3)C2)n1C. The summed E-state index contributed by atoms with van der Waals surface area (Å²) in [5.41, 5.74) is 1.67. The number of likely N-dealkylation sites (tertiary alicyclic amines) is 1. The van der Waals surface area contributed by atoms with Gasteiger partial charge in [-0.3, -0.25) is 9.59 Å². The van der Waals surface area contributed by atoms with Crippen molar-refractivity contribution in [3.8, 4) is 0 Å². The molecule has 0 aromatic carbocycles. The molecule has 20 heavy (non-hydrogen) atoms. The zero-order valence-corrected chi connectivity index (χ0v) is 11.9. The highest BCUT2D eigenvalue weighted by Crippen LogP contribution is 2.44. The normalized spacial score (nSPS) is 26.0. The van der Waals surface area contributed by atoms with E-state index in [1.807, 2.05) is 30.7 Å². The molecule has 0 spiro atoms. The summed E-state index contributed by atoms with van der Waals surface area (Å²) in [5, 5.41) is 9.35. The van der Waals surface area contributed by atoms with Crippen molar-refractivity contribution >= 4 is 11.9 Å². The molecule has 3 rings (SSSR count). The van der Waals surface area contributed by atoms with Crippen LogP contribution in [-0.4, -0.2) is 39.5 Å². The molecule has 5 heteroatoms. The molecule has 1 amide bonds. The van der Waals surface area contributed by atoms with Crippen LogP contribution in [0.25, 0.3) is 0 Å². The molecule has 5 nitrogen and oxygen atoms in total. The number of hydrogen-bond acceptors (Lipinski definition) is 2. The lowest BCUT2D eigenvalue weighted by Gasteiger charge is -2.17. The van der Waals surface area contributed by atoms with E-state index in [0.29, 0.717) is 24.7 Å². The lowest BCUT2D eigenvalue weighted by atomic mass is 9.92. The second-order valence-corrected chi connectivity index (χ2v) is 6.08. The number of nitrogens with zero attached hydrogens (tertiary/aromatic N) is 2. The van der Waals surface area contributed by atoms with Gasteiger partial charge in [-0.1, -0.05) is 0 Å². The van der Waals surface area contributed by atoms with Crippen molar-refractivity contribution in [2.75, 3.05) is 13.1 Å². The summed E-state index contributed by atoms with van der Waals surface area (Å²) in [7, 11) is 1.87. The number of amides is 1. The van der Waals surface area contributed by atoms with Crippen LogP contribution in [0.5, 0.6) is 0 Å². The lowest BCUT2D eigenvalue weighted by molar-refractivity contribution is -0.142. The van der Waals surface area contributed by atoms with Crippen LogP contribution in [0, 0.1) is 24.7 Å². The fraction of sp³-hybridized carbons (Fsp3) is 0.600. The third-order valence-electron chi connectivity index (χ3n) is 4.79. The van der Waals surface area contributed by atoms with Gasteiger partial charge in [0.2, 0.25) is 0 Å². The zero-order chi connectivity index (χ0) is 14.4. The largest absolute Gasteiger partial charge is 0.481 e. The third kappa shape index (κ3) is 2.11. The molecule has 1 aromatic rings. The van der Waals surface area contributed by atoms with Gasteiger partial charge in [-0.05, 0) is 43.7 Å². The Morgan fingerprint density at radius 2 is 1.95 bits per heavy atom. The zero-order valence-electron chi connectivity index (χ0n) is 11.9. The van der Waals surface area contributed by atoms with E-state index in [9.17, 15) is 14.7 Å². The molecule has 0 radical (unpaired) electrons. The molecule has 108 valence electrons. The first-order valence-electron chi connectivity index (χ1n) is 7.13. The minimum Gasteiger partial charge on any atom is -0.481 e. The van der Waals surface area contributed by atoms with Gasteiger partial charge in [-0.15, -0.1) is 0 Å². The van der Waals surface area contributed by atoms with Gasteiger partial charge in [0.05, 0.1) is 5.92 Å². The number of carbonyl (C=O) groups is 2. The van der Waals surface area contributed by atoms with Gasteiger partial charge in [-0.2, -0.15) is 0 Å². The van der Waals surface area contributed by atoms with Crippen LogP contribution < -0.4 is 0 Å². The number of aryl methyl sites for hydroxylation is 1. The van der Waals surface area contributed by atoms with E-state index >= 15 is 0 Å². The van der Waals surface area contributed by atoms with Gasteiger partial charge < -0.3 is 14.6 Å². The summed E-state index contributed by atoms with van der Waals surface area (Å²) < 4.78 is 1.86. The second kappa shape index (κ2) is 4.65. The number of carboxylic acids is 1. The highest BCUT2D eigenvalue weighted by Gasteiger charge is 2.47. The molecule has 1 saturated heterocycles. The van der Waals surface area contributed by atoms with Gasteiger partial charge in [0.25, 0.3) is 5.91 Å². The van der Waals surface area contributed by atoms with Crippen molar-refractivity contribution in [1.29, 1.82) is 0 Å². The molecular formula is C15H20N2O3. The van der Waals surface area contributed by atoms with Crippen molar-refractivity contribution in [3.63, 3.8) is 0 Å². The number of hydrogen-bond donors (Lipinski definition) is 1. The van der Waals surface area contributed by atoms with Crippen LogP contribution in [0.3, 0.4) is 0 Å². The molecule has 1 aliphatic carbocycles. The summed E-state index contributed by atoms with van der Waals surface area (Å²) in [5.74, 6) is -0.565. The molecule has 1 N–H and O–H groups in total. The van der Waals surface area contributed by atoms with Crippen molar-refractivity contribution in [3.05, 3.63) is 23.5 Å². The smallest absolute Gasteiger partial charge is 0.308 e. The second-order valence-electron chi connectivity index (χ2n) is 6.08. The topological polar surface area (TPSA) is 62.5 Å². The monoisotopic (exact) mass is 276 g/mol.